The van der Waals surface area contributed by atoms with E-state index in [1.54, 1.807) is 0 Å². The minimum absolute atomic E-state index is 0.0141. The highest BCUT2D eigenvalue weighted by Crippen LogP contribution is 2.09. The first kappa shape index (κ1) is 18.5. The van der Waals surface area contributed by atoms with Gasteiger partial charge < -0.3 is 29.9 Å². The molecule has 0 aliphatic rings. The molecule has 0 aromatic heterocycles. The number of carbonyl (C=O) groups is 2. The van der Waals surface area contributed by atoms with Crippen molar-refractivity contribution in [2.75, 3.05) is 6.61 Å². The third kappa shape index (κ3) is 11.6. The summed E-state index contributed by atoms with van der Waals surface area (Å²) in [6.45, 7) is 2.06. The Labute approximate surface area is 116 Å². The van der Waals surface area contributed by atoms with Gasteiger partial charge in [0, 0.05) is 25.0 Å². The molecule has 116 valence electrons. The van der Waals surface area contributed by atoms with E-state index in [2.05, 4.69) is 9.47 Å². The van der Waals surface area contributed by atoms with Crippen molar-refractivity contribution in [1.29, 1.82) is 0 Å². The van der Waals surface area contributed by atoms with Crippen LogP contribution in [0, 0.1) is 0 Å². The highest BCUT2D eigenvalue weighted by atomic mass is 16.7. The minimum Gasteiger partial charge on any atom is -0.463 e. The van der Waals surface area contributed by atoms with E-state index in [-0.39, 0.29) is 19.4 Å². The van der Waals surface area contributed by atoms with Crippen LogP contribution in [0.3, 0.4) is 0 Å². The van der Waals surface area contributed by atoms with Crippen LogP contribution in [0.5, 0.6) is 0 Å². The van der Waals surface area contributed by atoms with Gasteiger partial charge in [0.2, 0.25) is 6.29 Å². The lowest BCUT2D eigenvalue weighted by Crippen LogP contribution is -2.27. The smallest absolute Gasteiger partial charge is 0.333 e. The Hall–Kier alpha value is -1.48. The van der Waals surface area contributed by atoms with Crippen molar-refractivity contribution in [3.05, 3.63) is 12.2 Å². The van der Waals surface area contributed by atoms with Gasteiger partial charge in [0.25, 0.3) is 5.97 Å². The maximum absolute atomic E-state index is 11.2. The van der Waals surface area contributed by atoms with Gasteiger partial charge in [-0.15, -0.1) is 0 Å². The van der Waals surface area contributed by atoms with Gasteiger partial charge in [0.05, 0.1) is 6.61 Å². The molecule has 1 atom stereocenters. The molecule has 0 amide bonds. The molecule has 0 aromatic rings. The number of aliphatic hydroxyl groups is 4. The van der Waals surface area contributed by atoms with Crippen molar-refractivity contribution >= 4 is 11.9 Å². The molecule has 0 aromatic carbocycles. The number of hydrogen-bond donors (Lipinski definition) is 4. The maximum Gasteiger partial charge on any atom is 0.333 e. The third-order valence-corrected chi connectivity index (χ3v) is 2.02. The summed E-state index contributed by atoms with van der Waals surface area (Å²) < 4.78 is 9.17. The maximum atomic E-state index is 11.2. The predicted molar refractivity (Wildman–Crippen MR) is 65.7 cm³/mol. The Kier molecular flexibility index (Phi) is 8.73. The van der Waals surface area contributed by atoms with Gasteiger partial charge in [-0.3, -0.25) is 0 Å². The molecule has 0 saturated carbocycles. The fourth-order valence-electron chi connectivity index (χ4n) is 1.13. The summed E-state index contributed by atoms with van der Waals surface area (Å²) in [4.78, 5) is 22.2. The summed E-state index contributed by atoms with van der Waals surface area (Å²) in [5.74, 6) is -4.44. The minimum atomic E-state index is -2.81. The Morgan fingerprint density at radius 3 is 2.35 bits per heavy atom. The average molecular weight is 292 g/mol. The van der Waals surface area contributed by atoms with Crippen LogP contribution in [0.2, 0.25) is 0 Å². The first-order valence-electron chi connectivity index (χ1n) is 6.15. The molecule has 0 radical (unpaired) electrons. The van der Waals surface area contributed by atoms with Gasteiger partial charge in [-0.1, -0.05) is 6.92 Å². The first-order chi connectivity index (χ1) is 9.24. The van der Waals surface area contributed by atoms with Crippen LogP contribution in [0.1, 0.15) is 32.6 Å². The van der Waals surface area contributed by atoms with E-state index in [9.17, 15) is 14.7 Å². The lowest BCUT2D eigenvalue weighted by molar-refractivity contribution is -0.315. The zero-order valence-corrected chi connectivity index (χ0v) is 11.2. The molecule has 0 bridgehead atoms. The summed E-state index contributed by atoms with van der Waals surface area (Å²) in [5, 5.41) is 35.0. The molecular weight excluding hydrogens is 272 g/mol. The van der Waals surface area contributed by atoms with Crippen LogP contribution in [-0.4, -0.2) is 51.2 Å². The van der Waals surface area contributed by atoms with Gasteiger partial charge in [0.15, 0.2) is 0 Å². The van der Waals surface area contributed by atoms with Crippen molar-refractivity contribution in [3.8, 4) is 0 Å². The van der Waals surface area contributed by atoms with E-state index in [0.29, 0.717) is 6.42 Å². The Morgan fingerprint density at radius 2 is 1.80 bits per heavy atom. The zero-order chi connectivity index (χ0) is 15.6. The second kappa shape index (κ2) is 9.43. The van der Waals surface area contributed by atoms with Crippen LogP contribution < -0.4 is 0 Å². The van der Waals surface area contributed by atoms with E-state index in [1.165, 1.54) is 0 Å². The molecule has 20 heavy (non-hydrogen) atoms. The van der Waals surface area contributed by atoms with Crippen LogP contribution >= 0.6 is 0 Å². The number of hydrogen-bond acceptors (Lipinski definition) is 8. The SMILES string of the molecule is CCCOC(=O)/C=C\C(=O)OC(O)CCCC(O)(O)O. The summed E-state index contributed by atoms with van der Waals surface area (Å²) >= 11 is 0. The van der Waals surface area contributed by atoms with Crippen LogP contribution in [0.25, 0.3) is 0 Å². The van der Waals surface area contributed by atoms with Crippen LogP contribution in [-0.2, 0) is 19.1 Å². The molecule has 0 saturated heterocycles. The topological polar surface area (TPSA) is 134 Å². The number of carbonyl (C=O) groups excluding carboxylic acids is 2. The molecule has 0 fully saturated rings. The molecule has 1 unspecified atom stereocenters. The molecule has 8 heteroatoms. The fourth-order valence-corrected chi connectivity index (χ4v) is 1.13. The summed E-state index contributed by atoms with van der Waals surface area (Å²) in [5.41, 5.74) is 0. The molecule has 8 nitrogen and oxygen atoms in total. The second-order valence-corrected chi connectivity index (χ2v) is 4.06. The molecular formula is C12H20O8. The normalized spacial score (nSPS) is 13.2. The summed E-state index contributed by atoms with van der Waals surface area (Å²) in [6, 6.07) is 0. The van der Waals surface area contributed by atoms with Crippen molar-refractivity contribution < 1.29 is 39.5 Å². The molecule has 0 heterocycles. The molecule has 0 spiro atoms. The predicted octanol–water partition coefficient (Wildman–Crippen LogP) is -0.842. The lowest BCUT2D eigenvalue weighted by atomic mass is 10.2. The lowest BCUT2D eigenvalue weighted by Gasteiger charge is -2.15. The summed E-state index contributed by atoms with van der Waals surface area (Å²) in [6.07, 6.45) is 0.400. The van der Waals surface area contributed by atoms with Crippen LogP contribution in [0.4, 0.5) is 0 Å². The zero-order valence-electron chi connectivity index (χ0n) is 11.2. The van der Waals surface area contributed by atoms with Gasteiger partial charge in [-0.2, -0.15) is 0 Å². The Morgan fingerprint density at radius 1 is 1.20 bits per heavy atom. The van der Waals surface area contributed by atoms with E-state index in [0.717, 1.165) is 12.2 Å². The standard InChI is InChI=1S/C12H20O8/c1-2-8-19-9(13)5-6-11(15)20-10(14)4-3-7-12(16,17)18/h5-6,10,14,16-18H,2-4,7-8H2,1H3/b6-5-. The van der Waals surface area contributed by atoms with Gasteiger partial charge in [0.1, 0.15) is 0 Å². The number of ether oxygens (including phenoxy) is 2. The van der Waals surface area contributed by atoms with E-state index >= 15 is 0 Å². The van der Waals surface area contributed by atoms with Crippen molar-refractivity contribution in [1.82, 2.24) is 0 Å². The molecule has 0 rings (SSSR count). The highest BCUT2D eigenvalue weighted by Gasteiger charge is 2.18. The molecule has 0 aliphatic heterocycles. The van der Waals surface area contributed by atoms with Gasteiger partial charge in [-0.05, 0) is 12.8 Å². The van der Waals surface area contributed by atoms with Gasteiger partial charge in [-0.25, -0.2) is 9.59 Å². The molecule has 4 N–H and O–H groups in total. The third-order valence-electron chi connectivity index (χ3n) is 2.02. The molecule has 0 aliphatic carbocycles. The van der Waals surface area contributed by atoms with Crippen LogP contribution in [0.15, 0.2) is 12.2 Å². The fraction of sp³-hybridized carbons (Fsp3) is 0.667. The second-order valence-electron chi connectivity index (χ2n) is 4.06. The Balaban J connectivity index is 3.90. The Bertz CT molecular complexity index is 331. The highest BCUT2D eigenvalue weighted by molar-refractivity contribution is 5.91. The van der Waals surface area contributed by atoms with E-state index < -0.39 is 30.6 Å². The first-order valence-corrected chi connectivity index (χ1v) is 6.15. The van der Waals surface area contributed by atoms with Crippen molar-refractivity contribution in [2.45, 2.75) is 44.9 Å². The largest absolute Gasteiger partial charge is 0.463 e. The number of rotatable bonds is 9. The number of aliphatic hydroxyl groups excluding tert-OH is 1. The van der Waals surface area contributed by atoms with E-state index in [1.807, 2.05) is 6.92 Å². The number of esters is 2. The van der Waals surface area contributed by atoms with E-state index in [4.69, 9.17) is 15.3 Å². The van der Waals surface area contributed by atoms with Crippen molar-refractivity contribution in [2.24, 2.45) is 0 Å². The van der Waals surface area contributed by atoms with Crippen molar-refractivity contribution in [3.63, 3.8) is 0 Å². The summed E-state index contributed by atoms with van der Waals surface area (Å²) in [7, 11) is 0. The average Bonchev–Trinajstić information content (AvgIpc) is 2.32. The van der Waals surface area contributed by atoms with Gasteiger partial charge >= 0.3 is 11.9 Å². The quantitative estimate of drug-likeness (QED) is 0.245. The monoisotopic (exact) mass is 292 g/mol.